The van der Waals surface area contributed by atoms with Gasteiger partial charge in [0.15, 0.2) is 0 Å². The average molecular weight is 672 g/mol. The van der Waals surface area contributed by atoms with Crippen LogP contribution in [0.3, 0.4) is 0 Å². The SMILES string of the molecule is CCCCCCCCCCCCCCCCCCC=CCCCc1ccccc1N=C(C=Nc1ccc(C)c(C)c1)CCCC.[Ni]. The third kappa shape index (κ3) is 21.0. The summed E-state index contributed by atoms with van der Waals surface area (Å²) in [6.45, 7) is 8.83. The topological polar surface area (TPSA) is 24.7 Å². The second kappa shape index (κ2) is 29.2. The van der Waals surface area contributed by atoms with E-state index in [9.17, 15) is 0 Å². The molecule has 2 aromatic rings. The molecule has 0 saturated carbocycles. The van der Waals surface area contributed by atoms with Gasteiger partial charge in [0.2, 0.25) is 0 Å². The summed E-state index contributed by atoms with van der Waals surface area (Å²) in [6, 6.07) is 15.1. The molecule has 2 nitrogen and oxygen atoms in total. The van der Waals surface area contributed by atoms with Gasteiger partial charge >= 0.3 is 0 Å². The van der Waals surface area contributed by atoms with Crippen LogP contribution in [0, 0.1) is 13.8 Å². The predicted molar refractivity (Wildman–Crippen MR) is 203 cm³/mol. The Hall–Kier alpha value is -1.99. The van der Waals surface area contributed by atoms with Gasteiger partial charge in [-0.1, -0.05) is 153 Å². The molecule has 2 rings (SSSR count). The number of para-hydroxylation sites is 1. The molecule has 0 bridgehead atoms. The third-order valence-electron chi connectivity index (χ3n) is 9.10. The van der Waals surface area contributed by atoms with E-state index in [1.807, 2.05) is 6.21 Å². The average Bonchev–Trinajstić information content (AvgIpc) is 3.05. The first-order valence-corrected chi connectivity index (χ1v) is 19.1. The summed E-state index contributed by atoms with van der Waals surface area (Å²) in [7, 11) is 0. The molecule has 3 heteroatoms. The summed E-state index contributed by atoms with van der Waals surface area (Å²) in [5, 5.41) is 0. The minimum atomic E-state index is 0. The van der Waals surface area contributed by atoms with E-state index < -0.39 is 0 Å². The zero-order valence-electron chi connectivity index (χ0n) is 30.2. The molecule has 0 radical (unpaired) electrons. The standard InChI is InChI=1S/C43H68N2.Ni/c1-5-7-9-10-11-12-13-14-15-16-17-18-19-20-21-22-23-24-25-26-27-30-40-31-28-29-33-43(40)45-42(32-8-6-2)37-44-41-35-34-38(3)39(4)36-41;/h24-25,28-29,31,33-37H,5-23,26-27,30,32H2,1-4H3;. The predicted octanol–water partition coefficient (Wildman–Crippen LogP) is 14.5. The third-order valence-corrected chi connectivity index (χ3v) is 9.10. The van der Waals surface area contributed by atoms with Gasteiger partial charge in [-0.05, 0) is 93.7 Å². The first-order chi connectivity index (χ1) is 22.1. The summed E-state index contributed by atoms with van der Waals surface area (Å²) in [5.41, 5.74) is 7.10. The normalized spacial score (nSPS) is 12.0. The molecule has 0 aliphatic heterocycles. The molecule has 0 aromatic heterocycles. The molecular weight excluding hydrogens is 603 g/mol. The van der Waals surface area contributed by atoms with Gasteiger partial charge in [-0.25, -0.2) is 0 Å². The van der Waals surface area contributed by atoms with Crippen LogP contribution in [-0.4, -0.2) is 11.9 Å². The Bertz CT molecular complexity index is 1100. The van der Waals surface area contributed by atoms with Crippen molar-refractivity contribution in [2.45, 2.75) is 175 Å². The number of rotatable bonds is 27. The van der Waals surface area contributed by atoms with E-state index in [2.05, 4.69) is 82.3 Å². The molecule has 0 unspecified atom stereocenters. The van der Waals surface area contributed by atoms with Crippen molar-refractivity contribution in [3.8, 4) is 0 Å². The molecule has 0 amide bonds. The Morgan fingerprint density at radius 3 is 1.72 bits per heavy atom. The van der Waals surface area contributed by atoms with Crippen molar-refractivity contribution in [3.63, 3.8) is 0 Å². The maximum absolute atomic E-state index is 5.11. The monoisotopic (exact) mass is 670 g/mol. The summed E-state index contributed by atoms with van der Waals surface area (Å²) in [5.74, 6) is 0. The summed E-state index contributed by atoms with van der Waals surface area (Å²) >= 11 is 0. The minimum Gasteiger partial charge on any atom is -0.255 e. The zero-order valence-corrected chi connectivity index (χ0v) is 31.2. The van der Waals surface area contributed by atoms with E-state index in [4.69, 9.17) is 9.98 Å². The Morgan fingerprint density at radius 2 is 1.13 bits per heavy atom. The van der Waals surface area contributed by atoms with Crippen molar-refractivity contribution in [1.29, 1.82) is 0 Å². The molecule has 260 valence electrons. The van der Waals surface area contributed by atoms with Crippen LogP contribution in [0.2, 0.25) is 0 Å². The number of benzene rings is 2. The van der Waals surface area contributed by atoms with E-state index in [1.54, 1.807) is 0 Å². The number of aliphatic imine (C=N–C) groups is 2. The smallest absolute Gasteiger partial charge is 0.0665 e. The summed E-state index contributed by atoms with van der Waals surface area (Å²) < 4.78 is 0. The molecule has 0 heterocycles. The quantitative estimate of drug-likeness (QED) is 0.0391. The number of nitrogens with zero attached hydrogens (tertiary/aromatic N) is 2. The van der Waals surface area contributed by atoms with Crippen LogP contribution in [0.4, 0.5) is 11.4 Å². The molecule has 0 fully saturated rings. The van der Waals surface area contributed by atoms with E-state index in [0.29, 0.717) is 0 Å². The van der Waals surface area contributed by atoms with Crippen LogP contribution in [0.25, 0.3) is 0 Å². The van der Waals surface area contributed by atoms with Crippen molar-refractivity contribution < 1.29 is 16.5 Å². The Balaban J connectivity index is 0.0000106. The van der Waals surface area contributed by atoms with Gasteiger partial charge in [-0.3, -0.25) is 9.98 Å². The van der Waals surface area contributed by atoms with Gasteiger partial charge < -0.3 is 0 Å². The molecule has 0 aliphatic rings. The molecule has 0 saturated heterocycles. The number of hydrogen-bond donors (Lipinski definition) is 0. The van der Waals surface area contributed by atoms with E-state index in [1.165, 1.54) is 132 Å². The van der Waals surface area contributed by atoms with Gasteiger partial charge in [0.1, 0.15) is 0 Å². The number of aryl methyl sites for hydroxylation is 3. The molecule has 2 aromatic carbocycles. The van der Waals surface area contributed by atoms with Crippen LogP contribution in [0.15, 0.2) is 64.6 Å². The van der Waals surface area contributed by atoms with E-state index >= 15 is 0 Å². The Kier molecular flexibility index (Phi) is 26.7. The van der Waals surface area contributed by atoms with Crippen LogP contribution >= 0.6 is 0 Å². The largest absolute Gasteiger partial charge is 0.255 e. The van der Waals surface area contributed by atoms with Gasteiger partial charge in [-0.2, -0.15) is 0 Å². The molecule has 0 spiro atoms. The van der Waals surface area contributed by atoms with Crippen molar-refractivity contribution in [1.82, 2.24) is 0 Å². The number of hydrogen-bond acceptors (Lipinski definition) is 2. The Labute approximate surface area is 295 Å². The maximum atomic E-state index is 5.11. The van der Waals surface area contributed by atoms with Gasteiger partial charge in [0.25, 0.3) is 0 Å². The first-order valence-electron chi connectivity index (χ1n) is 19.1. The summed E-state index contributed by atoms with van der Waals surface area (Å²) in [4.78, 5) is 9.89. The molecule has 0 N–H and O–H groups in total. The van der Waals surface area contributed by atoms with Gasteiger partial charge in [-0.15, -0.1) is 0 Å². The van der Waals surface area contributed by atoms with Crippen LogP contribution in [-0.2, 0) is 22.9 Å². The van der Waals surface area contributed by atoms with Crippen molar-refractivity contribution in [3.05, 3.63) is 71.3 Å². The van der Waals surface area contributed by atoms with Crippen molar-refractivity contribution in [2.75, 3.05) is 0 Å². The minimum absolute atomic E-state index is 0. The fourth-order valence-electron chi connectivity index (χ4n) is 5.90. The maximum Gasteiger partial charge on any atom is 0.0665 e. The number of allylic oxidation sites excluding steroid dienone is 2. The van der Waals surface area contributed by atoms with Gasteiger partial charge in [0, 0.05) is 22.7 Å². The van der Waals surface area contributed by atoms with Gasteiger partial charge in [0.05, 0.1) is 17.1 Å². The fourth-order valence-corrected chi connectivity index (χ4v) is 5.90. The zero-order chi connectivity index (χ0) is 32.2. The summed E-state index contributed by atoms with van der Waals surface area (Å²) in [6.07, 6.45) is 37.6. The van der Waals surface area contributed by atoms with E-state index in [0.717, 1.165) is 49.2 Å². The van der Waals surface area contributed by atoms with Crippen molar-refractivity contribution >= 4 is 23.3 Å². The van der Waals surface area contributed by atoms with Crippen LogP contribution < -0.4 is 0 Å². The van der Waals surface area contributed by atoms with Crippen molar-refractivity contribution in [2.24, 2.45) is 9.98 Å². The Morgan fingerprint density at radius 1 is 0.587 bits per heavy atom. The molecular formula is C43H68N2Ni. The fraction of sp³-hybridized carbons (Fsp3) is 0.628. The number of unbranched alkanes of at least 4 members (excludes halogenated alkanes) is 18. The van der Waals surface area contributed by atoms with E-state index in [-0.39, 0.29) is 16.5 Å². The molecule has 46 heavy (non-hydrogen) atoms. The van der Waals surface area contributed by atoms with Crippen LogP contribution in [0.1, 0.15) is 172 Å². The van der Waals surface area contributed by atoms with Crippen LogP contribution in [0.5, 0.6) is 0 Å². The second-order valence-corrected chi connectivity index (χ2v) is 13.3. The first kappa shape index (κ1) is 42.0. The second-order valence-electron chi connectivity index (χ2n) is 13.3. The molecule has 0 aliphatic carbocycles. The molecule has 0 atom stereocenters.